The summed E-state index contributed by atoms with van der Waals surface area (Å²) < 4.78 is 11.6. The van der Waals surface area contributed by atoms with Gasteiger partial charge in [-0.05, 0) is 61.9 Å². The molecule has 32 heavy (non-hydrogen) atoms. The largest absolute Gasteiger partial charge is 0.493 e. The Bertz CT molecular complexity index is 1250. The number of carboxylic acid groups (broad SMARTS) is 1. The predicted molar refractivity (Wildman–Crippen MR) is 125 cm³/mol. The summed E-state index contributed by atoms with van der Waals surface area (Å²) in [7, 11) is 0. The van der Waals surface area contributed by atoms with E-state index in [1.807, 2.05) is 50.2 Å². The van der Waals surface area contributed by atoms with E-state index < -0.39 is 5.97 Å². The lowest BCUT2D eigenvalue weighted by atomic mass is 10.0. The standard InChI is InChI=1S/C25H23ClN2O4/c1-15(2)32-20-5-3-4-16(12-20)23-21-13-22(25(29)30)28-24(21)17(14-27-23)10-11-31-19-8-6-18(26)7-9-19/h3-9,12-15,28H,10-11H2,1-2H3,(H,29,30). The van der Waals surface area contributed by atoms with Crippen molar-refractivity contribution in [2.75, 3.05) is 6.61 Å². The monoisotopic (exact) mass is 450 g/mol. The van der Waals surface area contributed by atoms with Crippen molar-refractivity contribution in [1.29, 1.82) is 0 Å². The smallest absolute Gasteiger partial charge is 0.352 e. The minimum absolute atomic E-state index is 0.0483. The van der Waals surface area contributed by atoms with Gasteiger partial charge in [0.05, 0.1) is 23.9 Å². The molecular formula is C25H23ClN2O4. The Morgan fingerprint density at radius 3 is 2.62 bits per heavy atom. The van der Waals surface area contributed by atoms with Gasteiger partial charge < -0.3 is 19.6 Å². The van der Waals surface area contributed by atoms with E-state index in [0.717, 1.165) is 33.5 Å². The first-order valence-electron chi connectivity index (χ1n) is 10.3. The molecule has 0 atom stereocenters. The van der Waals surface area contributed by atoms with E-state index in [1.165, 1.54) is 0 Å². The molecule has 0 bridgehead atoms. The molecule has 2 aromatic carbocycles. The molecule has 0 fully saturated rings. The Morgan fingerprint density at radius 2 is 1.91 bits per heavy atom. The van der Waals surface area contributed by atoms with E-state index in [-0.39, 0.29) is 11.8 Å². The number of benzene rings is 2. The highest BCUT2D eigenvalue weighted by atomic mass is 35.5. The van der Waals surface area contributed by atoms with Gasteiger partial charge in [0, 0.05) is 28.6 Å². The summed E-state index contributed by atoms with van der Waals surface area (Å²) in [6, 6.07) is 16.4. The van der Waals surface area contributed by atoms with Crippen molar-refractivity contribution in [2.24, 2.45) is 0 Å². The fraction of sp³-hybridized carbons (Fsp3) is 0.200. The first kappa shape index (κ1) is 21.7. The van der Waals surface area contributed by atoms with Gasteiger partial charge in [-0.1, -0.05) is 23.7 Å². The number of fused-ring (bicyclic) bond motifs is 1. The van der Waals surface area contributed by atoms with E-state index >= 15 is 0 Å². The van der Waals surface area contributed by atoms with Crippen molar-refractivity contribution in [2.45, 2.75) is 26.4 Å². The highest BCUT2D eigenvalue weighted by Gasteiger charge is 2.16. The van der Waals surface area contributed by atoms with Gasteiger partial charge >= 0.3 is 5.97 Å². The van der Waals surface area contributed by atoms with Crippen LogP contribution in [0, 0.1) is 0 Å². The number of nitrogens with zero attached hydrogens (tertiary/aromatic N) is 1. The van der Waals surface area contributed by atoms with Crippen LogP contribution in [0.15, 0.2) is 60.8 Å². The molecule has 2 N–H and O–H groups in total. The van der Waals surface area contributed by atoms with Gasteiger partial charge in [0.1, 0.15) is 17.2 Å². The SMILES string of the molecule is CC(C)Oc1cccc(-c2ncc(CCOc3ccc(Cl)cc3)c3[nH]c(C(=O)O)cc23)c1. The van der Waals surface area contributed by atoms with Crippen LogP contribution in [0.4, 0.5) is 0 Å². The molecule has 0 aliphatic heterocycles. The topological polar surface area (TPSA) is 84.4 Å². The van der Waals surface area contributed by atoms with E-state index in [9.17, 15) is 9.90 Å². The summed E-state index contributed by atoms with van der Waals surface area (Å²) in [6.07, 6.45) is 2.37. The molecule has 6 nitrogen and oxygen atoms in total. The number of H-pyrrole nitrogens is 1. The number of carboxylic acids is 1. The van der Waals surface area contributed by atoms with Crippen molar-refractivity contribution in [3.63, 3.8) is 0 Å². The second-order valence-electron chi connectivity index (χ2n) is 7.66. The quantitative estimate of drug-likeness (QED) is 0.344. The second-order valence-corrected chi connectivity index (χ2v) is 8.09. The number of halogens is 1. The summed E-state index contributed by atoms with van der Waals surface area (Å²) in [6.45, 7) is 4.35. The van der Waals surface area contributed by atoms with Crippen molar-refractivity contribution in [3.8, 4) is 22.8 Å². The first-order chi connectivity index (χ1) is 15.4. The molecule has 4 aromatic rings. The number of aromatic carboxylic acids is 1. The Morgan fingerprint density at radius 1 is 1.12 bits per heavy atom. The average molecular weight is 451 g/mol. The van der Waals surface area contributed by atoms with Gasteiger partial charge in [0.25, 0.3) is 0 Å². The van der Waals surface area contributed by atoms with E-state index in [1.54, 1.807) is 24.4 Å². The minimum atomic E-state index is -1.02. The molecule has 0 spiro atoms. The van der Waals surface area contributed by atoms with Crippen LogP contribution < -0.4 is 9.47 Å². The Kier molecular flexibility index (Phi) is 6.32. The summed E-state index contributed by atoms with van der Waals surface area (Å²) in [5, 5.41) is 10.9. The van der Waals surface area contributed by atoms with Crippen LogP contribution >= 0.6 is 11.6 Å². The third-order valence-corrected chi connectivity index (χ3v) is 5.16. The van der Waals surface area contributed by atoms with Gasteiger partial charge in [0.2, 0.25) is 0 Å². The predicted octanol–water partition coefficient (Wildman–Crippen LogP) is 5.99. The molecule has 0 aliphatic carbocycles. The zero-order valence-corrected chi connectivity index (χ0v) is 18.5. The minimum Gasteiger partial charge on any atom is -0.493 e. The summed E-state index contributed by atoms with van der Waals surface area (Å²) in [4.78, 5) is 19.3. The lowest BCUT2D eigenvalue weighted by Gasteiger charge is -2.12. The number of pyridine rings is 1. The number of rotatable bonds is 8. The lowest BCUT2D eigenvalue weighted by Crippen LogP contribution is -2.05. The normalized spacial score (nSPS) is 11.1. The van der Waals surface area contributed by atoms with Crippen LogP contribution in [0.5, 0.6) is 11.5 Å². The fourth-order valence-corrected chi connectivity index (χ4v) is 3.63. The number of aromatic amines is 1. The van der Waals surface area contributed by atoms with Crippen molar-refractivity contribution in [3.05, 3.63) is 77.1 Å². The van der Waals surface area contributed by atoms with E-state index in [2.05, 4.69) is 9.97 Å². The third kappa shape index (κ3) is 4.86. The molecule has 2 aromatic heterocycles. The maximum atomic E-state index is 11.6. The zero-order chi connectivity index (χ0) is 22.7. The summed E-state index contributed by atoms with van der Waals surface area (Å²) in [5.74, 6) is 0.434. The van der Waals surface area contributed by atoms with Crippen LogP contribution in [-0.2, 0) is 6.42 Å². The molecule has 0 radical (unpaired) electrons. The molecule has 7 heteroatoms. The maximum Gasteiger partial charge on any atom is 0.352 e. The molecule has 0 saturated carbocycles. The number of nitrogens with one attached hydrogen (secondary N) is 1. The Balaban J connectivity index is 1.65. The molecule has 2 heterocycles. The average Bonchev–Trinajstić information content (AvgIpc) is 3.21. The Labute approximate surface area is 190 Å². The zero-order valence-electron chi connectivity index (χ0n) is 17.8. The van der Waals surface area contributed by atoms with Crippen LogP contribution in [0.1, 0.15) is 29.9 Å². The van der Waals surface area contributed by atoms with Gasteiger partial charge in [-0.25, -0.2) is 4.79 Å². The number of aromatic nitrogens is 2. The number of hydrogen-bond acceptors (Lipinski definition) is 4. The van der Waals surface area contributed by atoms with Crippen LogP contribution in [0.3, 0.4) is 0 Å². The number of ether oxygens (including phenoxy) is 2. The van der Waals surface area contributed by atoms with Gasteiger partial charge in [0.15, 0.2) is 0 Å². The number of hydrogen-bond donors (Lipinski definition) is 2. The van der Waals surface area contributed by atoms with Crippen molar-refractivity contribution in [1.82, 2.24) is 9.97 Å². The van der Waals surface area contributed by atoms with E-state index in [4.69, 9.17) is 21.1 Å². The fourth-order valence-electron chi connectivity index (χ4n) is 3.50. The molecule has 164 valence electrons. The van der Waals surface area contributed by atoms with Gasteiger partial charge in [-0.2, -0.15) is 0 Å². The van der Waals surface area contributed by atoms with Crippen molar-refractivity contribution >= 4 is 28.5 Å². The molecule has 0 aliphatic rings. The highest BCUT2D eigenvalue weighted by Crippen LogP contribution is 2.32. The molecule has 4 rings (SSSR count). The van der Waals surface area contributed by atoms with E-state index in [0.29, 0.717) is 23.7 Å². The Hall–Kier alpha value is -3.51. The van der Waals surface area contributed by atoms with Crippen LogP contribution in [0.25, 0.3) is 22.2 Å². The molecule has 0 unspecified atom stereocenters. The highest BCUT2D eigenvalue weighted by molar-refractivity contribution is 6.30. The lowest BCUT2D eigenvalue weighted by molar-refractivity contribution is 0.0691. The third-order valence-electron chi connectivity index (χ3n) is 4.91. The van der Waals surface area contributed by atoms with Crippen molar-refractivity contribution < 1.29 is 19.4 Å². The van der Waals surface area contributed by atoms with Crippen LogP contribution in [-0.4, -0.2) is 33.8 Å². The number of carbonyl (C=O) groups is 1. The van der Waals surface area contributed by atoms with Gasteiger partial charge in [-0.15, -0.1) is 0 Å². The van der Waals surface area contributed by atoms with Gasteiger partial charge in [-0.3, -0.25) is 4.98 Å². The first-order valence-corrected chi connectivity index (χ1v) is 10.7. The second kappa shape index (κ2) is 9.32. The maximum absolute atomic E-state index is 11.6. The summed E-state index contributed by atoms with van der Waals surface area (Å²) in [5.41, 5.74) is 3.28. The molecule has 0 amide bonds. The summed E-state index contributed by atoms with van der Waals surface area (Å²) >= 11 is 5.91. The molecular weight excluding hydrogens is 428 g/mol. The van der Waals surface area contributed by atoms with Crippen LogP contribution in [0.2, 0.25) is 5.02 Å². The molecule has 0 saturated heterocycles.